The zero-order valence-electron chi connectivity index (χ0n) is 7.91. The van der Waals surface area contributed by atoms with Crippen LogP contribution in [0.4, 0.5) is 4.39 Å². The molecule has 0 aromatic heterocycles. The number of benzene rings is 1. The van der Waals surface area contributed by atoms with Crippen LogP contribution in [0.25, 0.3) is 0 Å². The Hall–Kier alpha value is -1.09. The maximum atomic E-state index is 12.8. The molecule has 0 saturated carbocycles. The van der Waals surface area contributed by atoms with Gasteiger partial charge in [0.2, 0.25) is 0 Å². The van der Waals surface area contributed by atoms with Crippen LogP contribution in [0.3, 0.4) is 0 Å². The van der Waals surface area contributed by atoms with Crippen LogP contribution in [-0.4, -0.2) is 12.9 Å². The smallest absolute Gasteiger partial charge is 0.199 e. The molecule has 1 fully saturated rings. The summed E-state index contributed by atoms with van der Waals surface area (Å²) in [5, 5.41) is 0. The Kier molecular flexibility index (Phi) is 2.99. The van der Waals surface area contributed by atoms with Crippen molar-refractivity contribution in [1.29, 1.82) is 0 Å². The van der Waals surface area contributed by atoms with E-state index in [1.807, 2.05) is 0 Å². The molecule has 0 amide bonds. The second kappa shape index (κ2) is 4.42. The van der Waals surface area contributed by atoms with Crippen LogP contribution in [0.1, 0.15) is 19.3 Å². The van der Waals surface area contributed by atoms with Crippen LogP contribution in [0, 0.1) is 5.82 Å². The van der Waals surface area contributed by atoms with E-state index in [-0.39, 0.29) is 12.1 Å². The Morgan fingerprint density at radius 2 is 2.29 bits per heavy atom. The Morgan fingerprint density at radius 3 is 3.00 bits per heavy atom. The third-order valence-corrected chi connectivity index (χ3v) is 2.20. The first-order valence-electron chi connectivity index (χ1n) is 4.88. The van der Waals surface area contributed by atoms with E-state index in [2.05, 4.69) is 0 Å². The van der Waals surface area contributed by atoms with E-state index in [9.17, 15) is 4.39 Å². The van der Waals surface area contributed by atoms with Crippen molar-refractivity contribution in [3.05, 3.63) is 30.1 Å². The van der Waals surface area contributed by atoms with Gasteiger partial charge in [-0.2, -0.15) is 0 Å². The van der Waals surface area contributed by atoms with Crippen molar-refractivity contribution >= 4 is 0 Å². The largest absolute Gasteiger partial charge is 0.465 e. The maximum absolute atomic E-state index is 12.8. The van der Waals surface area contributed by atoms with Crippen molar-refractivity contribution in [3.63, 3.8) is 0 Å². The Morgan fingerprint density at radius 1 is 1.36 bits per heavy atom. The van der Waals surface area contributed by atoms with Gasteiger partial charge in [-0.15, -0.1) is 0 Å². The van der Waals surface area contributed by atoms with Gasteiger partial charge >= 0.3 is 0 Å². The maximum Gasteiger partial charge on any atom is 0.199 e. The molecule has 0 unspecified atom stereocenters. The van der Waals surface area contributed by atoms with Gasteiger partial charge in [0.05, 0.1) is 6.61 Å². The molecule has 76 valence electrons. The summed E-state index contributed by atoms with van der Waals surface area (Å²) in [5.41, 5.74) is 0. The molecule has 0 radical (unpaired) electrons. The molecule has 2 nitrogen and oxygen atoms in total. The second-order valence-electron chi connectivity index (χ2n) is 3.37. The molecule has 1 heterocycles. The average molecular weight is 196 g/mol. The van der Waals surface area contributed by atoms with Gasteiger partial charge in [-0.05, 0) is 25.0 Å². The molecule has 0 spiro atoms. The molecule has 3 heteroatoms. The summed E-state index contributed by atoms with van der Waals surface area (Å²) in [4.78, 5) is 0. The monoisotopic (exact) mass is 196 g/mol. The minimum Gasteiger partial charge on any atom is -0.465 e. The van der Waals surface area contributed by atoms with Crippen molar-refractivity contribution in [2.75, 3.05) is 6.61 Å². The first-order chi connectivity index (χ1) is 6.84. The molecule has 0 aliphatic carbocycles. The van der Waals surface area contributed by atoms with Crippen LogP contribution in [0.5, 0.6) is 5.75 Å². The topological polar surface area (TPSA) is 18.5 Å². The van der Waals surface area contributed by atoms with Crippen molar-refractivity contribution in [3.8, 4) is 5.75 Å². The minimum atomic E-state index is -0.279. The summed E-state index contributed by atoms with van der Waals surface area (Å²) in [6.07, 6.45) is 2.88. The molecule has 14 heavy (non-hydrogen) atoms. The summed E-state index contributed by atoms with van der Waals surface area (Å²) in [7, 11) is 0. The molecular weight excluding hydrogens is 183 g/mol. The lowest BCUT2D eigenvalue weighted by atomic mass is 10.2. The van der Waals surface area contributed by atoms with Gasteiger partial charge in [0, 0.05) is 12.5 Å². The van der Waals surface area contributed by atoms with Crippen molar-refractivity contribution in [2.24, 2.45) is 0 Å². The third kappa shape index (κ3) is 2.45. The van der Waals surface area contributed by atoms with E-state index in [1.54, 1.807) is 12.1 Å². The van der Waals surface area contributed by atoms with E-state index >= 15 is 0 Å². The fourth-order valence-electron chi connectivity index (χ4n) is 1.50. The molecule has 0 bridgehead atoms. The quantitative estimate of drug-likeness (QED) is 0.724. The van der Waals surface area contributed by atoms with Gasteiger partial charge in [-0.3, -0.25) is 0 Å². The summed E-state index contributed by atoms with van der Waals surface area (Å²) >= 11 is 0. The lowest BCUT2D eigenvalue weighted by Crippen LogP contribution is -2.24. The van der Waals surface area contributed by atoms with Crippen molar-refractivity contribution in [1.82, 2.24) is 0 Å². The molecule has 1 saturated heterocycles. The summed E-state index contributed by atoms with van der Waals surface area (Å²) in [5.74, 6) is 0.259. The van der Waals surface area contributed by atoms with Gasteiger partial charge < -0.3 is 9.47 Å². The Bertz CT molecular complexity index is 295. The third-order valence-electron chi connectivity index (χ3n) is 2.20. The van der Waals surface area contributed by atoms with Crippen LogP contribution < -0.4 is 4.74 Å². The number of hydrogen-bond donors (Lipinski definition) is 0. The van der Waals surface area contributed by atoms with Crippen LogP contribution in [0.15, 0.2) is 24.3 Å². The van der Waals surface area contributed by atoms with Gasteiger partial charge in [0.25, 0.3) is 0 Å². The Labute approximate surface area is 82.6 Å². The fraction of sp³-hybridized carbons (Fsp3) is 0.455. The van der Waals surface area contributed by atoms with E-state index < -0.39 is 0 Å². The summed E-state index contributed by atoms with van der Waals surface area (Å²) in [6.45, 7) is 0.736. The molecule has 0 N–H and O–H groups in total. The molecule has 1 aromatic carbocycles. The molecule has 1 atom stereocenters. The summed E-state index contributed by atoms with van der Waals surface area (Å²) < 4.78 is 23.7. The summed E-state index contributed by atoms with van der Waals surface area (Å²) in [6, 6.07) is 6.14. The highest BCUT2D eigenvalue weighted by atomic mass is 19.1. The minimum absolute atomic E-state index is 0.203. The van der Waals surface area contributed by atoms with Crippen LogP contribution >= 0.6 is 0 Å². The highest BCUT2D eigenvalue weighted by Gasteiger charge is 2.14. The molecule has 1 aliphatic rings. The highest BCUT2D eigenvalue weighted by Crippen LogP contribution is 2.19. The van der Waals surface area contributed by atoms with Crippen LogP contribution in [0.2, 0.25) is 0 Å². The fourth-order valence-corrected chi connectivity index (χ4v) is 1.50. The molecule has 1 aliphatic heterocycles. The van der Waals surface area contributed by atoms with E-state index in [1.165, 1.54) is 12.1 Å². The Balaban J connectivity index is 1.95. The standard InChI is InChI=1S/C11H13FO2/c12-9-4-3-5-10(8-9)14-11-6-1-2-7-13-11/h3-5,8,11H,1-2,6-7H2/t11-/m0/s1. The predicted molar refractivity (Wildman–Crippen MR) is 50.6 cm³/mol. The first kappa shape index (κ1) is 9.46. The molecular formula is C11H13FO2. The molecule has 1 aromatic rings. The van der Waals surface area contributed by atoms with Gasteiger partial charge in [-0.25, -0.2) is 4.39 Å². The van der Waals surface area contributed by atoms with Gasteiger partial charge in [0.1, 0.15) is 11.6 Å². The first-order valence-corrected chi connectivity index (χ1v) is 4.88. The van der Waals surface area contributed by atoms with Gasteiger partial charge in [-0.1, -0.05) is 6.07 Å². The second-order valence-corrected chi connectivity index (χ2v) is 3.37. The van der Waals surface area contributed by atoms with E-state index in [0.717, 1.165) is 25.9 Å². The molecule has 2 rings (SSSR count). The van der Waals surface area contributed by atoms with Crippen LogP contribution in [-0.2, 0) is 4.74 Å². The van der Waals surface area contributed by atoms with E-state index in [0.29, 0.717) is 5.75 Å². The van der Waals surface area contributed by atoms with E-state index in [4.69, 9.17) is 9.47 Å². The zero-order valence-corrected chi connectivity index (χ0v) is 7.91. The van der Waals surface area contributed by atoms with Crippen molar-refractivity contribution in [2.45, 2.75) is 25.6 Å². The average Bonchev–Trinajstić information content (AvgIpc) is 2.19. The SMILES string of the molecule is Fc1cccc(O[C@H]2CCCCO2)c1. The highest BCUT2D eigenvalue weighted by molar-refractivity contribution is 5.22. The lowest BCUT2D eigenvalue weighted by Gasteiger charge is -2.23. The zero-order chi connectivity index (χ0) is 9.80. The number of hydrogen-bond acceptors (Lipinski definition) is 2. The predicted octanol–water partition coefficient (Wildman–Crippen LogP) is 2.73. The van der Waals surface area contributed by atoms with Crippen molar-refractivity contribution < 1.29 is 13.9 Å². The number of ether oxygens (including phenoxy) is 2. The number of rotatable bonds is 2. The van der Waals surface area contributed by atoms with Gasteiger partial charge in [0.15, 0.2) is 6.29 Å². The lowest BCUT2D eigenvalue weighted by molar-refractivity contribution is -0.106. The number of halogens is 1. The normalized spacial score (nSPS) is 21.9.